The van der Waals surface area contributed by atoms with E-state index in [4.69, 9.17) is 15.6 Å². The number of hydrogen-bond donors (Lipinski definition) is 2. The topological polar surface area (TPSA) is 72.5 Å². The number of nitrogens with two attached hydrogens (primary N) is 1. The molecule has 0 amide bonds. The third kappa shape index (κ3) is 3.30. The Hall–Kier alpha value is -0.910. The SMILES string of the molecule is COCc1cccc(Br)c1C(N)CC(=O)O. The number of aliphatic carboxylic acids is 1. The lowest BCUT2D eigenvalue weighted by molar-refractivity contribution is -0.137. The van der Waals surface area contributed by atoms with E-state index in [0.717, 1.165) is 15.6 Å². The molecule has 0 bridgehead atoms. The Labute approximate surface area is 103 Å². The van der Waals surface area contributed by atoms with Crippen molar-refractivity contribution in [1.29, 1.82) is 0 Å². The average Bonchev–Trinajstić information content (AvgIpc) is 2.16. The Morgan fingerprint density at radius 2 is 2.31 bits per heavy atom. The van der Waals surface area contributed by atoms with Crippen LogP contribution in [0.1, 0.15) is 23.6 Å². The van der Waals surface area contributed by atoms with Gasteiger partial charge < -0.3 is 15.6 Å². The molecule has 1 rings (SSSR count). The number of carbonyl (C=O) groups is 1. The van der Waals surface area contributed by atoms with Crippen molar-refractivity contribution in [2.24, 2.45) is 5.73 Å². The Morgan fingerprint density at radius 3 is 2.88 bits per heavy atom. The van der Waals surface area contributed by atoms with Crippen LogP contribution in [0.5, 0.6) is 0 Å². The number of carboxylic acids is 1. The van der Waals surface area contributed by atoms with Crippen molar-refractivity contribution in [2.75, 3.05) is 7.11 Å². The molecule has 0 fully saturated rings. The van der Waals surface area contributed by atoms with Crippen molar-refractivity contribution >= 4 is 21.9 Å². The molecule has 0 saturated carbocycles. The summed E-state index contributed by atoms with van der Waals surface area (Å²) in [5, 5.41) is 8.73. The van der Waals surface area contributed by atoms with E-state index in [9.17, 15) is 4.79 Å². The van der Waals surface area contributed by atoms with Gasteiger partial charge in [0, 0.05) is 17.6 Å². The van der Waals surface area contributed by atoms with Crippen LogP contribution in [-0.4, -0.2) is 18.2 Å². The monoisotopic (exact) mass is 287 g/mol. The minimum atomic E-state index is -0.911. The number of rotatable bonds is 5. The molecule has 0 saturated heterocycles. The Balaban J connectivity index is 3.03. The van der Waals surface area contributed by atoms with Crippen LogP contribution in [0.2, 0.25) is 0 Å². The quantitative estimate of drug-likeness (QED) is 0.870. The Bertz CT molecular complexity index is 381. The standard InChI is InChI=1S/C11H14BrNO3/c1-16-6-7-3-2-4-8(12)11(7)9(13)5-10(14)15/h2-4,9H,5-6,13H2,1H3,(H,14,15). The molecule has 5 heteroatoms. The Morgan fingerprint density at radius 1 is 1.62 bits per heavy atom. The van der Waals surface area contributed by atoms with Gasteiger partial charge in [0.2, 0.25) is 0 Å². The highest BCUT2D eigenvalue weighted by Crippen LogP contribution is 2.28. The normalized spacial score (nSPS) is 12.4. The number of halogens is 1. The number of carboxylic acid groups (broad SMARTS) is 1. The summed E-state index contributed by atoms with van der Waals surface area (Å²) >= 11 is 3.38. The minimum Gasteiger partial charge on any atom is -0.481 e. The highest BCUT2D eigenvalue weighted by Gasteiger charge is 2.17. The first-order valence-corrected chi connectivity index (χ1v) is 5.59. The molecule has 88 valence electrons. The summed E-state index contributed by atoms with van der Waals surface area (Å²) in [7, 11) is 1.59. The highest BCUT2D eigenvalue weighted by atomic mass is 79.9. The predicted octanol–water partition coefficient (Wildman–Crippen LogP) is 2.07. The van der Waals surface area contributed by atoms with E-state index in [0.29, 0.717) is 6.61 Å². The van der Waals surface area contributed by atoms with Crippen molar-refractivity contribution in [2.45, 2.75) is 19.1 Å². The fraction of sp³-hybridized carbons (Fsp3) is 0.364. The summed E-state index contributed by atoms with van der Waals surface area (Å²) in [6.07, 6.45) is -0.0979. The molecule has 1 unspecified atom stereocenters. The summed E-state index contributed by atoms with van der Waals surface area (Å²) in [6, 6.07) is 5.06. The van der Waals surface area contributed by atoms with E-state index in [1.807, 2.05) is 18.2 Å². The van der Waals surface area contributed by atoms with Gasteiger partial charge >= 0.3 is 5.97 Å². The van der Waals surface area contributed by atoms with Crippen LogP contribution in [0.25, 0.3) is 0 Å². The molecule has 4 nitrogen and oxygen atoms in total. The zero-order chi connectivity index (χ0) is 12.1. The zero-order valence-electron chi connectivity index (χ0n) is 8.94. The van der Waals surface area contributed by atoms with Gasteiger partial charge in [-0.1, -0.05) is 28.1 Å². The first kappa shape index (κ1) is 13.2. The zero-order valence-corrected chi connectivity index (χ0v) is 10.5. The number of hydrogen-bond acceptors (Lipinski definition) is 3. The molecule has 1 atom stereocenters. The lowest BCUT2D eigenvalue weighted by Gasteiger charge is -2.16. The number of benzene rings is 1. The maximum absolute atomic E-state index is 10.6. The smallest absolute Gasteiger partial charge is 0.305 e. The molecule has 16 heavy (non-hydrogen) atoms. The van der Waals surface area contributed by atoms with Gasteiger partial charge in [-0.3, -0.25) is 4.79 Å². The van der Waals surface area contributed by atoms with E-state index in [1.165, 1.54) is 0 Å². The van der Waals surface area contributed by atoms with Crippen LogP contribution in [0.3, 0.4) is 0 Å². The van der Waals surface area contributed by atoms with Gasteiger partial charge in [0.15, 0.2) is 0 Å². The molecule has 0 heterocycles. The number of methoxy groups -OCH3 is 1. The van der Waals surface area contributed by atoms with E-state index < -0.39 is 12.0 Å². The molecule has 0 aliphatic heterocycles. The summed E-state index contributed by atoms with van der Waals surface area (Å²) in [5.41, 5.74) is 7.57. The van der Waals surface area contributed by atoms with Crippen LogP contribution in [-0.2, 0) is 16.1 Å². The van der Waals surface area contributed by atoms with Crippen molar-refractivity contribution in [1.82, 2.24) is 0 Å². The van der Waals surface area contributed by atoms with E-state index in [-0.39, 0.29) is 6.42 Å². The molecule has 0 radical (unpaired) electrons. The summed E-state index contributed by atoms with van der Waals surface area (Å²) < 4.78 is 5.87. The van der Waals surface area contributed by atoms with E-state index >= 15 is 0 Å². The summed E-state index contributed by atoms with van der Waals surface area (Å²) in [6.45, 7) is 0.419. The van der Waals surface area contributed by atoms with Crippen molar-refractivity contribution in [3.8, 4) is 0 Å². The lowest BCUT2D eigenvalue weighted by atomic mass is 9.99. The molecule has 0 spiro atoms. The van der Waals surface area contributed by atoms with Gasteiger partial charge in [-0.05, 0) is 17.2 Å². The third-order valence-electron chi connectivity index (χ3n) is 2.21. The summed E-state index contributed by atoms with van der Waals surface area (Å²) in [5.74, 6) is -0.911. The second-order valence-corrected chi connectivity index (χ2v) is 4.30. The first-order chi connectivity index (χ1) is 7.56. The molecule has 1 aromatic rings. The molecule has 3 N–H and O–H groups in total. The predicted molar refractivity (Wildman–Crippen MR) is 64.0 cm³/mol. The maximum atomic E-state index is 10.6. The van der Waals surface area contributed by atoms with E-state index in [1.54, 1.807) is 7.11 Å². The van der Waals surface area contributed by atoms with Crippen LogP contribution in [0.15, 0.2) is 22.7 Å². The lowest BCUT2D eigenvalue weighted by Crippen LogP contribution is -2.17. The Kier molecular flexibility index (Phi) is 4.92. The molecule has 0 aliphatic rings. The first-order valence-electron chi connectivity index (χ1n) is 4.80. The van der Waals surface area contributed by atoms with Gasteiger partial charge in [0.25, 0.3) is 0 Å². The van der Waals surface area contributed by atoms with Crippen LogP contribution in [0.4, 0.5) is 0 Å². The van der Waals surface area contributed by atoms with Gasteiger partial charge in [0.05, 0.1) is 13.0 Å². The minimum absolute atomic E-state index is 0.0979. The van der Waals surface area contributed by atoms with Gasteiger partial charge in [0.1, 0.15) is 0 Å². The third-order valence-corrected chi connectivity index (χ3v) is 2.90. The molecular weight excluding hydrogens is 274 g/mol. The largest absolute Gasteiger partial charge is 0.481 e. The molecule has 0 aromatic heterocycles. The highest BCUT2D eigenvalue weighted by molar-refractivity contribution is 9.10. The van der Waals surface area contributed by atoms with Crippen molar-refractivity contribution in [3.05, 3.63) is 33.8 Å². The van der Waals surface area contributed by atoms with Gasteiger partial charge in [-0.15, -0.1) is 0 Å². The fourth-order valence-electron chi connectivity index (χ4n) is 1.57. The number of ether oxygens (including phenoxy) is 1. The van der Waals surface area contributed by atoms with Gasteiger partial charge in [-0.25, -0.2) is 0 Å². The van der Waals surface area contributed by atoms with Crippen LogP contribution in [0, 0.1) is 0 Å². The second kappa shape index (κ2) is 5.98. The summed E-state index contributed by atoms with van der Waals surface area (Å²) in [4.78, 5) is 10.6. The van der Waals surface area contributed by atoms with Crippen molar-refractivity contribution < 1.29 is 14.6 Å². The fourth-order valence-corrected chi connectivity index (χ4v) is 2.27. The van der Waals surface area contributed by atoms with Gasteiger partial charge in [-0.2, -0.15) is 0 Å². The van der Waals surface area contributed by atoms with Crippen LogP contribution >= 0.6 is 15.9 Å². The molecule has 1 aromatic carbocycles. The van der Waals surface area contributed by atoms with Crippen molar-refractivity contribution in [3.63, 3.8) is 0 Å². The maximum Gasteiger partial charge on any atom is 0.305 e. The van der Waals surface area contributed by atoms with Crippen LogP contribution < -0.4 is 5.73 Å². The molecular formula is C11H14BrNO3. The van der Waals surface area contributed by atoms with E-state index in [2.05, 4.69) is 15.9 Å². The molecule has 0 aliphatic carbocycles. The second-order valence-electron chi connectivity index (χ2n) is 3.45. The average molecular weight is 288 g/mol.